The van der Waals surface area contributed by atoms with Crippen molar-refractivity contribution >= 4 is 34.7 Å². The van der Waals surface area contributed by atoms with Gasteiger partial charge in [0.2, 0.25) is 0 Å². The van der Waals surface area contributed by atoms with Crippen molar-refractivity contribution in [2.75, 3.05) is 18.0 Å². The average molecular weight is 446 g/mol. The Morgan fingerprint density at radius 3 is 2.70 bits per heavy atom. The number of benzene rings is 1. The Labute approximate surface area is 185 Å². The fraction of sp³-hybridized carbons (Fsp3) is 0.455. The standard InChI is InChI=1S/C22H25Cl2N5O/c1-13-12-17(28-10-8-22(9-11-28)7-3-6-16(22)25)29-20(26-27-21(29)30)18(13)14-4-2-5-15(23)19(14)24/h2,4-5,12,16H,3,6-11,25H2,1H3,(H,27,30). The predicted molar refractivity (Wildman–Crippen MR) is 122 cm³/mol. The lowest BCUT2D eigenvalue weighted by atomic mass is 9.74. The maximum atomic E-state index is 12.7. The number of piperidine rings is 1. The number of hydrogen-bond acceptors (Lipinski definition) is 4. The third-order valence-corrected chi connectivity index (χ3v) is 7.96. The lowest BCUT2D eigenvalue weighted by Gasteiger charge is -2.43. The zero-order chi connectivity index (χ0) is 21.0. The summed E-state index contributed by atoms with van der Waals surface area (Å²) in [6, 6.07) is 7.87. The molecule has 1 saturated carbocycles. The molecule has 2 fully saturated rings. The number of hydrogen-bond donors (Lipinski definition) is 2. The largest absolute Gasteiger partial charge is 0.358 e. The molecule has 2 aliphatic rings. The summed E-state index contributed by atoms with van der Waals surface area (Å²) in [4.78, 5) is 15.0. The van der Waals surface area contributed by atoms with Crippen molar-refractivity contribution in [3.63, 3.8) is 0 Å². The van der Waals surface area contributed by atoms with Crippen LogP contribution < -0.4 is 16.3 Å². The summed E-state index contributed by atoms with van der Waals surface area (Å²) in [5, 5.41) is 7.90. The lowest BCUT2D eigenvalue weighted by molar-refractivity contribution is 0.197. The summed E-state index contributed by atoms with van der Waals surface area (Å²) in [5.41, 5.74) is 9.61. The highest BCUT2D eigenvalue weighted by Crippen LogP contribution is 2.46. The van der Waals surface area contributed by atoms with E-state index in [0.29, 0.717) is 21.7 Å². The van der Waals surface area contributed by atoms with E-state index in [1.807, 2.05) is 19.1 Å². The highest BCUT2D eigenvalue weighted by Gasteiger charge is 2.43. The third-order valence-electron chi connectivity index (χ3n) is 7.15. The fourth-order valence-corrected chi connectivity index (χ4v) is 5.81. The Balaban J connectivity index is 1.60. The Hall–Kier alpha value is -2.02. The number of halogens is 2. The van der Waals surface area contributed by atoms with Gasteiger partial charge in [0.25, 0.3) is 0 Å². The Kier molecular flexibility index (Phi) is 4.84. The van der Waals surface area contributed by atoms with Crippen molar-refractivity contribution in [2.45, 2.75) is 45.1 Å². The van der Waals surface area contributed by atoms with Crippen LogP contribution in [-0.2, 0) is 0 Å². The molecule has 5 rings (SSSR count). The maximum Gasteiger partial charge on any atom is 0.349 e. The zero-order valence-corrected chi connectivity index (χ0v) is 18.4. The number of nitrogens with one attached hydrogen (secondary N) is 1. The summed E-state index contributed by atoms with van der Waals surface area (Å²) >= 11 is 12.7. The number of aromatic nitrogens is 3. The summed E-state index contributed by atoms with van der Waals surface area (Å²) in [5.74, 6) is 0.865. The van der Waals surface area contributed by atoms with E-state index in [9.17, 15) is 4.79 Å². The molecule has 158 valence electrons. The predicted octanol–water partition coefficient (Wildman–Crippen LogP) is 4.40. The van der Waals surface area contributed by atoms with Crippen molar-refractivity contribution in [2.24, 2.45) is 11.1 Å². The minimum atomic E-state index is -0.253. The molecule has 3 aromatic rings. The summed E-state index contributed by atoms with van der Waals surface area (Å²) in [6.45, 7) is 3.79. The quantitative estimate of drug-likeness (QED) is 0.612. The number of pyridine rings is 1. The van der Waals surface area contributed by atoms with Gasteiger partial charge >= 0.3 is 5.69 Å². The van der Waals surface area contributed by atoms with Gasteiger partial charge in [-0.1, -0.05) is 41.8 Å². The van der Waals surface area contributed by atoms with E-state index in [-0.39, 0.29) is 11.1 Å². The first-order chi connectivity index (χ1) is 14.4. The van der Waals surface area contributed by atoms with Crippen molar-refractivity contribution in [1.29, 1.82) is 0 Å². The molecule has 0 amide bonds. The van der Waals surface area contributed by atoms with Crippen molar-refractivity contribution in [3.8, 4) is 11.1 Å². The number of nitrogens with two attached hydrogens (primary N) is 1. The van der Waals surface area contributed by atoms with Crippen molar-refractivity contribution in [3.05, 3.63) is 50.4 Å². The second-order valence-electron chi connectivity index (χ2n) is 8.70. The smallest absolute Gasteiger partial charge is 0.349 e. The molecule has 8 heteroatoms. The normalized spacial score (nSPS) is 21.1. The van der Waals surface area contributed by atoms with Gasteiger partial charge in [0.15, 0.2) is 5.65 Å². The molecule has 1 atom stereocenters. The molecular weight excluding hydrogens is 421 g/mol. The Bertz CT molecular complexity index is 1180. The van der Waals surface area contributed by atoms with Gasteiger partial charge in [0.1, 0.15) is 5.82 Å². The first-order valence-corrected chi connectivity index (χ1v) is 11.2. The Morgan fingerprint density at radius 1 is 1.23 bits per heavy atom. The number of anilines is 1. The molecule has 3 N–H and O–H groups in total. The number of H-pyrrole nitrogens is 1. The molecule has 2 aromatic heterocycles. The first-order valence-electron chi connectivity index (χ1n) is 10.5. The van der Waals surface area contributed by atoms with Gasteiger partial charge in [-0.25, -0.2) is 14.3 Å². The number of aryl methyl sites for hydroxylation is 1. The summed E-state index contributed by atoms with van der Waals surface area (Å²) in [6.07, 6.45) is 5.68. The van der Waals surface area contributed by atoms with Gasteiger partial charge in [-0.05, 0) is 55.7 Å². The van der Waals surface area contributed by atoms with Crippen LogP contribution in [0.5, 0.6) is 0 Å². The Morgan fingerprint density at radius 2 is 2.00 bits per heavy atom. The molecule has 1 aliphatic heterocycles. The topological polar surface area (TPSA) is 79.4 Å². The SMILES string of the molecule is Cc1cc(N2CCC3(CCCC3N)CC2)n2c(=O)[nH]nc2c1-c1cccc(Cl)c1Cl. The molecule has 30 heavy (non-hydrogen) atoms. The lowest BCUT2D eigenvalue weighted by Crippen LogP contribution is -2.47. The first kappa shape index (κ1) is 19.9. The molecule has 0 bridgehead atoms. The number of nitrogens with zero attached hydrogens (tertiary/aromatic N) is 3. The van der Waals surface area contributed by atoms with Gasteiger partial charge in [-0.3, -0.25) is 0 Å². The van der Waals surface area contributed by atoms with Crippen molar-refractivity contribution < 1.29 is 0 Å². The van der Waals surface area contributed by atoms with Gasteiger partial charge in [0.05, 0.1) is 10.0 Å². The minimum absolute atomic E-state index is 0.253. The van der Waals surface area contributed by atoms with Crippen LogP contribution >= 0.6 is 23.2 Å². The van der Waals surface area contributed by atoms with Crippen LogP contribution in [-0.4, -0.2) is 33.7 Å². The number of rotatable bonds is 2. The fourth-order valence-electron chi connectivity index (χ4n) is 5.41. The molecule has 0 radical (unpaired) electrons. The molecule has 3 heterocycles. The average Bonchev–Trinajstić information content (AvgIpc) is 3.28. The van der Waals surface area contributed by atoms with Crippen LogP contribution in [0.3, 0.4) is 0 Å². The molecule has 1 unspecified atom stereocenters. The highest BCUT2D eigenvalue weighted by atomic mass is 35.5. The van der Waals surface area contributed by atoms with Crippen LogP contribution in [0, 0.1) is 12.3 Å². The number of fused-ring (bicyclic) bond motifs is 1. The van der Waals surface area contributed by atoms with E-state index in [0.717, 1.165) is 54.9 Å². The summed E-state index contributed by atoms with van der Waals surface area (Å²) < 4.78 is 1.66. The van der Waals surface area contributed by atoms with Crippen LogP contribution in [0.4, 0.5) is 5.82 Å². The number of aromatic amines is 1. The highest BCUT2D eigenvalue weighted by molar-refractivity contribution is 6.43. The molecular formula is C22H25Cl2N5O. The summed E-state index contributed by atoms with van der Waals surface area (Å²) in [7, 11) is 0. The second-order valence-corrected chi connectivity index (χ2v) is 9.48. The van der Waals surface area contributed by atoms with E-state index < -0.39 is 0 Å². The third kappa shape index (κ3) is 2.96. The van der Waals surface area contributed by atoms with Crippen LogP contribution in [0.1, 0.15) is 37.7 Å². The second kappa shape index (κ2) is 7.29. The minimum Gasteiger partial charge on any atom is -0.358 e. The van der Waals surface area contributed by atoms with Crippen LogP contribution in [0.25, 0.3) is 16.8 Å². The van der Waals surface area contributed by atoms with Gasteiger partial charge < -0.3 is 10.6 Å². The van der Waals surface area contributed by atoms with Gasteiger partial charge in [0, 0.05) is 30.3 Å². The van der Waals surface area contributed by atoms with E-state index in [1.54, 1.807) is 10.5 Å². The van der Waals surface area contributed by atoms with Gasteiger partial charge in [-0.15, -0.1) is 0 Å². The molecule has 1 saturated heterocycles. The monoisotopic (exact) mass is 445 g/mol. The van der Waals surface area contributed by atoms with Crippen LogP contribution in [0.2, 0.25) is 10.0 Å². The van der Waals surface area contributed by atoms with E-state index >= 15 is 0 Å². The van der Waals surface area contributed by atoms with Crippen molar-refractivity contribution in [1.82, 2.24) is 14.6 Å². The molecule has 1 aromatic carbocycles. The molecule has 6 nitrogen and oxygen atoms in total. The molecule has 1 spiro atoms. The van der Waals surface area contributed by atoms with Crippen LogP contribution in [0.15, 0.2) is 29.1 Å². The van der Waals surface area contributed by atoms with E-state index in [4.69, 9.17) is 28.9 Å². The molecule has 1 aliphatic carbocycles. The zero-order valence-electron chi connectivity index (χ0n) is 16.9. The van der Waals surface area contributed by atoms with E-state index in [1.165, 1.54) is 12.8 Å². The van der Waals surface area contributed by atoms with E-state index in [2.05, 4.69) is 21.2 Å². The maximum absolute atomic E-state index is 12.7. The van der Waals surface area contributed by atoms with Gasteiger partial charge in [-0.2, -0.15) is 5.10 Å².